The smallest absolute Gasteiger partial charge is 0.255 e. The summed E-state index contributed by atoms with van der Waals surface area (Å²) >= 11 is 1.65. The van der Waals surface area contributed by atoms with Crippen LogP contribution < -0.4 is 0 Å². The lowest BCUT2D eigenvalue weighted by Gasteiger charge is -2.16. The Bertz CT molecular complexity index is 900. The summed E-state index contributed by atoms with van der Waals surface area (Å²) in [6, 6.07) is 6.01. The fourth-order valence-corrected chi connectivity index (χ4v) is 4.25. The van der Waals surface area contributed by atoms with E-state index in [0.29, 0.717) is 18.9 Å². The van der Waals surface area contributed by atoms with Crippen molar-refractivity contribution in [3.05, 3.63) is 50.7 Å². The molecule has 0 atom stereocenters. The van der Waals surface area contributed by atoms with E-state index in [1.807, 2.05) is 22.4 Å². The number of aryl methyl sites for hydroxylation is 1. The predicted molar refractivity (Wildman–Crippen MR) is 91.6 cm³/mol. The number of carbonyl (C=O) groups is 1. The van der Waals surface area contributed by atoms with Gasteiger partial charge in [0, 0.05) is 28.9 Å². The highest BCUT2D eigenvalue weighted by Gasteiger charge is 2.29. The Kier molecular flexibility index (Phi) is 3.65. The first-order valence-corrected chi connectivity index (χ1v) is 8.77. The van der Waals surface area contributed by atoms with E-state index in [9.17, 15) is 4.79 Å². The number of thiophene rings is 1. The average molecular weight is 339 g/mol. The van der Waals surface area contributed by atoms with E-state index < -0.39 is 0 Å². The van der Waals surface area contributed by atoms with Crippen molar-refractivity contribution in [2.24, 2.45) is 0 Å². The van der Waals surface area contributed by atoms with E-state index in [1.54, 1.807) is 11.3 Å². The third-order valence-corrected chi connectivity index (χ3v) is 5.50. The molecule has 0 spiro atoms. The maximum absolute atomic E-state index is 13.0. The van der Waals surface area contributed by atoms with Gasteiger partial charge < -0.3 is 4.90 Å². The second-order valence-corrected chi connectivity index (χ2v) is 6.96. The molecule has 1 aromatic carbocycles. The molecule has 3 heterocycles. The summed E-state index contributed by atoms with van der Waals surface area (Å²) in [4.78, 5) is 16.1. The minimum Gasteiger partial charge on any atom is -0.330 e. The first-order valence-electron chi connectivity index (χ1n) is 7.89. The molecular weight excluding hydrogens is 322 g/mol. The van der Waals surface area contributed by atoms with Crippen LogP contribution in [0.2, 0.25) is 0 Å². The number of hydrogen-bond donors (Lipinski definition) is 1. The zero-order valence-corrected chi connectivity index (χ0v) is 14.4. The Morgan fingerprint density at radius 2 is 2.25 bits per heavy atom. The lowest BCUT2D eigenvalue weighted by molar-refractivity contribution is 0.0751. The van der Waals surface area contributed by atoms with Crippen molar-refractivity contribution in [2.45, 2.75) is 33.4 Å². The van der Waals surface area contributed by atoms with Crippen molar-refractivity contribution in [2.75, 3.05) is 0 Å². The maximum Gasteiger partial charge on any atom is 0.255 e. The van der Waals surface area contributed by atoms with Crippen molar-refractivity contribution >= 4 is 17.2 Å². The minimum absolute atomic E-state index is 0.103. The molecular formula is C17H17N5OS. The molecule has 0 bridgehead atoms. The van der Waals surface area contributed by atoms with Crippen molar-refractivity contribution in [3.63, 3.8) is 0 Å². The van der Waals surface area contributed by atoms with E-state index in [1.165, 1.54) is 10.4 Å². The number of benzene rings is 1. The number of aromatic nitrogens is 4. The number of nitrogens with one attached hydrogen (secondary N) is 1. The number of carbonyl (C=O) groups excluding carboxylic acids is 1. The van der Waals surface area contributed by atoms with Gasteiger partial charge in [-0.2, -0.15) is 5.21 Å². The Morgan fingerprint density at radius 3 is 3.00 bits per heavy atom. The van der Waals surface area contributed by atoms with Crippen LogP contribution in [0.1, 0.15) is 38.8 Å². The van der Waals surface area contributed by atoms with Crippen LogP contribution in [0.4, 0.5) is 0 Å². The molecule has 1 aliphatic rings. The van der Waals surface area contributed by atoms with Gasteiger partial charge in [0.25, 0.3) is 5.91 Å². The van der Waals surface area contributed by atoms with E-state index >= 15 is 0 Å². The molecule has 0 saturated heterocycles. The van der Waals surface area contributed by atoms with E-state index in [-0.39, 0.29) is 5.91 Å². The number of aromatic amines is 1. The van der Waals surface area contributed by atoms with Gasteiger partial charge in [0.05, 0.1) is 5.56 Å². The van der Waals surface area contributed by atoms with Gasteiger partial charge >= 0.3 is 0 Å². The van der Waals surface area contributed by atoms with Crippen LogP contribution in [0.15, 0.2) is 23.6 Å². The number of fused-ring (bicyclic) bond motifs is 1. The Morgan fingerprint density at radius 1 is 1.38 bits per heavy atom. The second kappa shape index (κ2) is 5.83. The summed E-state index contributed by atoms with van der Waals surface area (Å²) in [5.74, 6) is 0.674. The minimum atomic E-state index is 0.103. The first-order chi connectivity index (χ1) is 11.7. The van der Waals surface area contributed by atoms with Crippen molar-refractivity contribution < 1.29 is 4.79 Å². The Hall–Kier alpha value is -2.54. The Labute approximate surface area is 143 Å². The fourth-order valence-electron chi connectivity index (χ4n) is 3.32. The summed E-state index contributed by atoms with van der Waals surface area (Å²) in [7, 11) is 0. The SMILES string of the molecule is CCc1c(C(=O)N2Cc3cccc(-c4nn[nH]n4)c3C2)csc1C. The van der Waals surface area contributed by atoms with Gasteiger partial charge in [-0.05, 0) is 35.2 Å². The standard InChI is InChI=1S/C17H17N5OS/c1-3-12-10(2)24-9-15(12)17(23)22-7-11-5-4-6-13(14(11)8-22)16-18-20-21-19-16/h4-6,9H,3,7-8H2,1-2H3,(H,18,19,20,21). The Balaban J connectivity index is 1.66. The predicted octanol–water partition coefficient (Wildman–Crippen LogP) is 2.96. The quantitative estimate of drug-likeness (QED) is 0.796. The fraction of sp³-hybridized carbons (Fsp3) is 0.294. The third kappa shape index (κ3) is 2.32. The number of rotatable bonds is 3. The highest BCUT2D eigenvalue weighted by molar-refractivity contribution is 7.10. The lowest BCUT2D eigenvalue weighted by atomic mass is 10.0. The molecule has 7 heteroatoms. The highest BCUT2D eigenvalue weighted by atomic mass is 32.1. The van der Waals surface area contributed by atoms with Crippen molar-refractivity contribution in [1.82, 2.24) is 25.5 Å². The van der Waals surface area contributed by atoms with Crippen LogP contribution in [0.5, 0.6) is 0 Å². The summed E-state index contributed by atoms with van der Waals surface area (Å²) in [5, 5.41) is 16.3. The van der Waals surface area contributed by atoms with Gasteiger partial charge in [0.1, 0.15) is 0 Å². The monoisotopic (exact) mass is 339 g/mol. The maximum atomic E-state index is 13.0. The van der Waals surface area contributed by atoms with Crippen LogP contribution in [0.25, 0.3) is 11.4 Å². The van der Waals surface area contributed by atoms with E-state index in [2.05, 4.69) is 40.5 Å². The molecule has 6 nitrogen and oxygen atoms in total. The highest BCUT2D eigenvalue weighted by Crippen LogP contribution is 2.33. The molecule has 2 aromatic heterocycles. The topological polar surface area (TPSA) is 74.8 Å². The van der Waals surface area contributed by atoms with E-state index in [0.717, 1.165) is 28.7 Å². The van der Waals surface area contributed by atoms with Crippen LogP contribution >= 0.6 is 11.3 Å². The lowest BCUT2D eigenvalue weighted by Crippen LogP contribution is -2.25. The first kappa shape index (κ1) is 15.0. The average Bonchev–Trinajstić information content (AvgIpc) is 3.32. The van der Waals surface area contributed by atoms with Gasteiger partial charge in [0.2, 0.25) is 5.82 Å². The molecule has 122 valence electrons. The molecule has 24 heavy (non-hydrogen) atoms. The van der Waals surface area contributed by atoms with Crippen LogP contribution in [0.3, 0.4) is 0 Å². The molecule has 0 aliphatic carbocycles. The van der Waals surface area contributed by atoms with Crippen LogP contribution in [-0.4, -0.2) is 31.4 Å². The van der Waals surface area contributed by atoms with Gasteiger partial charge in [-0.1, -0.05) is 25.1 Å². The largest absolute Gasteiger partial charge is 0.330 e. The number of nitrogens with zero attached hydrogens (tertiary/aromatic N) is 4. The molecule has 0 saturated carbocycles. The molecule has 4 rings (SSSR count). The zero-order valence-electron chi connectivity index (χ0n) is 13.5. The molecule has 0 fully saturated rings. The second-order valence-electron chi connectivity index (χ2n) is 5.88. The third-order valence-electron chi connectivity index (χ3n) is 4.54. The summed E-state index contributed by atoms with van der Waals surface area (Å²) < 4.78 is 0. The van der Waals surface area contributed by atoms with Crippen LogP contribution in [-0.2, 0) is 19.5 Å². The number of tetrazole rings is 1. The molecule has 3 aromatic rings. The summed E-state index contributed by atoms with van der Waals surface area (Å²) in [6.45, 7) is 5.38. The van der Waals surface area contributed by atoms with E-state index in [4.69, 9.17) is 0 Å². The molecule has 1 N–H and O–H groups in total. The van der Waals surface area contributed by atoms with Gasteiger partial charge in [-0.3, -0.25) is 4.79 Å². The van der Waals surface area contributed by atoms with Crippen LogP contribution in [0, 0.1) is 6.92 Å². The number of H-pyrrole nitrogens is 1. The van der Waals surface area contributed by atoms with Gasteiger partial charge in [0.15, 0.2) is 0 Å². The summed E-state index contributed by atoms with van der Waals surface area (Å²) in [5.41, 5.74) is 5.20. The van der Waals surface area contributed by atoms with Crippen molar-refractivity contribution in [3.8, 4) is 11.4 Å². The summed E-state index contributed by atoms with van der Waals surface area (Å²) in [6.07, 6.45) is 0.880. The molecule has 1 amide bonds. The molecule has 1 aliphatic heterocycles. The molecule has 0 radical (unpaired) electrons. The normalized spacial score (nSPS) is 13.3. The number of hydrogen-bond acceptors (Lipinski definition) is 5. The number of amides is 1. The van der Waals surface area contributed by atoms with Gasteiger partial charge in [-0.15, -0.1) is 21.5 Å². The van der Waals surface area contributed by atoms with Gasteiger partial charge in [-0.25, -0.2) is 0 Å². The van der Waals surface area contributed by atoms with Crippen molar-refractivity contribution in [1.29, 1.82) is 0 Å². The molecule has 0 unspecified atom stereocenters. The zero-order chi connectivity index (χ0) is 16.7.